The highest BCUT2D eigenvalue weighted by atomic mass is 16.4. The van der Waals surface area contributed by atoms with Crippen LogP contribution in [0.5, 0.6) is 0 Å². The van der Waals surface area contributed by atoms with Crippen LogP contribution in [0.15, 0.2) is 4.42 Å². The second-order valence-electron chi connectivity index (χ2n) is 6.90. The van der Waals surface area contributed by atoms with Crippen molar-refractivity contribution in [2.24, 2.45) is 17.8 Å². The Balaban J connectivity index is 1.54. The predicted octanol–water partition coefficient (Wildman–Crippen LogP) is 2.04. The molecule has 0 unspecified atom stereocenters. The van der Waals surface area contributed by atoms with Gasteiger partial charge in [-0.3, -0.25) is 9.59 Å². The highest BCUT2D eigenvalue weighted by molar-refractivity contribution is 5.93. The number of oxazole rings is 1. The van der Waals surface area contributed by atoms with Crippen molar-refractivity contribution in [2.45, 2.75) is 38.5 Å². The number of hydrogen-bond acceptors (Lipinski definition) is 4. The second kappa shape index (κ2) is 4.83. The molecule has 4 rings (SSSR count). The van der Waals surface area contributed by atoms with E-state index >= 15 is 0 Å². The number of amides is 1. The van der Waals surface area contributed by atoms with Gasteiger partial charge in [-0.2, -0.15) is 0 Å². The molecule has 2 saturated carbocycles. The molecule has 0 radical (unpaired) electrons. The van der Waals surface area contributed by atoms with Crippen LogP contribution < -0.4 is 0 Å². The number of carbonyl (C=O) groups is 2. The molecular formula is C16H20N2O4. The third-order valence-electron chi connectivity index (χ3n) is 5.13. The monoisotopic (exact) mass is 304 g/mol. The van der Waals surface area contributed by atoms with Gasteiger partial charge in [0, 0.05) is 19.0 Å². The summed E-state index contributed by atoms with van der Waals surface area (Å²) < 4.78 is 5.67. The van der Waals surface area contributed by atoms with Crippen molar-refractivity contribution in [2.75, 3.05) is 13.1 Å². The van der Waals surface area contributed by atoms with Gasteiger partial charge in [-0.1, -0.05) is 0 Å². The molecule has 1 aliphatic heterocycles. The zero-order chi connectivity index (χ0) is 15.4. The molecule has 0 bridgehead atoms. The summed E-state index contributed by atoms with van der Waals surface area (Å²) in [7, 11) is 0. The Morgan fingerprint density at radius 2 is 1.95 bits per heavy atom. The van der Waals surface area contributed by atoms with E-state index in [1.54, 1.807) is 11.8 Å². The van der Waals surface area contributed by atoms with E-state index in [1.165, 1.54) is 0 Å². The lowest BCUT2D eigenvalue weighted by Crippen LogP contribution is -2.30. The van der Waals surface area contributed by atoms with Crippen LogP contribution in [0, 0.1) is 24.7 Å². The summed E-state index contributed by atoms with van der Waals surface area (Å²) in [5, 5.41) is 9.40. The van der Waals surface area contributed by atoms with E-state index in [9.17, 15) is 14.7 Å². The predicted molar refractivity (Wildman–Crippen MR) is 76.5 cm³/mol. The number of carboxylic acids is 1. The molecule has 0 spiro atoms. The van der Waals surface area contributed by atoms with Gasteiger partial charge < -0.3 is 14.4 Å². The molecule has 1 aromatic heterocycles. The van der Waals surface area contributed by atoms with Crippen molar-refractivity contribution < 1.29 is 19.1 Å². The van der Waals surface area contributed by atoms with E-state index in [4.69, 9.17) is 4.42 Å². The number of hydrogen-bond donors (Lipinski definition) is 1. The number of nitrogens with zero attached hydrogens (tertiary/aromatic N) is 2. The van der Waals surface area contributed by atoms with Crippen LogP contribution in [0.2, 0.25) is 0 Å². The molecule has 118 valence electrons. The molecule has 6 heteroatoms. The summed E-state index contributed by atoms with van der Waals surface area (Å²) in [6.07, 6.45) is 4.32. The van der Waals surface area contributed by atoms with E-state index < -0.39 is 11.9 Å². The molecular weight excluding hydrogens is 284 g/mol. The molecule has 1 aromatic rings. The summed E-state index contributed by atoms with van der Waals surface area (Å²) in [6, 6.07) is 0. The van der Waals surface area contributed by atoms with Crippen LogP contribution in [0.1, 0.15) is 53.7 Å². The maximum atomic E-state index is 12.7. The van der Waals surface area contributed by atoms with Gasteiger partial charge in [0.15, 0.2) is 5.89 Å². The molecule has 1 saturated heterocycles. The van der Waals surface area contributed by atoms with Crippen LogP contribution in [0.4, 0.5) is 0 Å². The molecule has 2 atom stereocenters. The summed E-state index contributed by atoms with van der Waals surface area (Å²) in [4.78, 5) is 30.1. The number of carboxylic acid groups (broad SMARTS) is 1. The molecule has 2 aliphatic carbocycles. The Kier molecular flexibility index (Phi) is 3.03. The van der Waals surface area contributed by atoms with E-state index in [-0.39, 0.29) is 18.4 Å². The quantitative estimate of drug-likeness (QED) is 0.920. The van der Waals surface area contributed by atoms with Gasteiger partial charge >= 0.3 is 5.97 Å². The minimum Gasteiger partial charge on any atom is -0.481 e. The first-order valence-electron chi connectivity index (χ1n) is 8.04. The fourth-order valence-corrected chi connectivity index (χ4v) is 3.52. The van der Waals surface area contributed by atoms with Crippen LogP contribution >= 0.6 is 0 Å². The normalized spacial score (nSPS) is 28.1. The van der Waals surface area contributed by atoms with Gasteiger partial charge in [-0.15, -0.1) is 0 Å². The maximum Gasteiger partial charge on any atom is 0.308 e. The zero-order valence-electron chi connectivity index (χ0n) is 12.6. The molecule has 2 heterocycles. The van der Waals surface area contributed by atoms with Gasteiger partial charge in [-0.25, -0.2) is 4.98 Å². The first-order chi connectivity index (χ1) is 10.5. The molecule has 22 heavy (non-hydrogen) atoms. The maximum absolute atomic E-state index is 12.7. The lowest BCUT2D eigenvalue weighted by molar-refractivity contribution is -0.142. The summed E-state index contributed by atoms with van der Waals surface area (Å²) in [5.74, 6) is 0.444. The van der Waals surface area contributed by atoms with Crippen molar-refractivity contribution in [1.29, 1.82) is 0 Å². The largest absolute Gasteiger partial charge is 0.481 e. The van der Waals surface area contributed by atoms with Crippen LogP contribution in [0.3, 0.4) is 0 Å². The van der Waals surface area contributed by atoms with Gasteiger partial charge in [0.2, 0.25) is 5.76 Å². The van der Waals surface area contributed by atoms with E-state index in [0.29, 0.717) is 35.7 Å². The molecule has 0 aromatic carbocycles. The first kappa shape index (κ1) is 13.8. The number of likely N-dealkylation sites (tertiary alicyclic amines) is 1. The van der Waals surface area contributed by atoms with Crippen molar-refractivity contribution in [3.63, 3.8) is 0 Å². The fourth-order valence-electron chi connectivity index (χ4n) is 3.52. The third kappa shape index (κ3) is 2.30. The Bertz CT molecular complexity index is 630. The SMILES string of the molecule is Cc1nc(C2CC2)oc1C(=O)N1C[C@H](C(=O)O)[C@@H](C2CC2)C1. The minimum absolute atomic E-state index is 0.0904. The number of rotatable bonds is 4. The third-order valence-corrected chi connectivity index (χ3v) is 5.13. The van der Waals surface area contributed by atoms with E-state index in [2.05, 4.69) is 4.98 Å². The van der Waals surface area contributed by atoms with Gasteiger partial charge in [0.25, 0.3) is 5.91 Å². The van der Waals surface area contributed by atoms with Gasteiger partial charge in [-0.05, 0) is 44.4 Å². The number of carbonyl (C=O) groups excluding carboxylic acids is 1. The van der Waals surface area contributed by atoms with Crippen molar-refractivity contribution in [3.8, 4) is 0 Å². The molecule has 1 amide bonds. The second-order valence-corrected chi connectivity index (χ2v) is 6.90. The number of aromatic nitrogens is 1. The Hall–Kier alpha value is -1.85. The van der Waals surface area contributed by atoms with Gasteiger partial charge in [0.05, 0.1) is 11.6 Å². The average Bonchev–Trinajstić information content (AvgIpc) is 3.41. The smallest absolute Gasteiger partial charge is 0.308 e. The lowest BCUT2D eigenvalue weighted by Gasteiger charge is -2.14. The zero-order valence-corrected chi connectivity index (χ0v) is 12.6. The Labute approximate surface area is 128 Å². The lowest BCUT2D eigenvalue weighted by atomic mass is 9.92. The van der Waals surface area contributed by atoms with Crippen LogP contribution in [-0.2, 0) is 4.79 Å². The fraction of sp³-hybridized carbons (Fsp3) is 0.688. The van der Waals surface area contributed by atoms with Crippen molar-refractivity contribution >= 4 is 11.9 Å². The highest BCUT2D eigenvalue weighted by Gasteiger charge is 2.47. The summed E-state index contributed by atoms with van der Waals surface area (Å²) >= 11 is 0. The standard InChI is InChI=1S/C16H20N2O4/c1-8-13(22-14(17-8)10-4-5-10)15(19)18-6-11(9-2-3-9)12(7-18)16(20)21/h9-12H,2-7H2,1H3,(H,20,21)/t11-,12+/m1/s1. The average molecular weight is 304 g/mol. The minimum atomic E-state index is -0.792. The van der Waals surface area contributed by atoms with Crippen molar-refractivity contribution in [3.05, 3.63) is 17.3 Å². The Morgan fingerprint density at radius 3 is 2.55 bits per heavy atom. The highest BCUT2D eigenvalue weighted by Crippen LogP contribution is 2.44. The molecule has 1 N–H and O–H groups in total. The van der Waals surface area contributed by atoms with E-state index in [0.717, 1.165) is 25.7 Å². The van der Waals surface area contributed by atoms with Crippen LogP contribution in [0.25, 0.3) is 0 Å². The summed E-state index contributed by atoms with van der Waals surface area (Å²) in [6.45, 7) is 2.60. The Morgan fingerprint density at radius 1 is 1.23 bits per heavy atom. The molecule has 6 nitrogen and oxygen atoms in total. The van der Waals surface area contributed by atoms with Crippen molar-refractivity contribution in [1.82, 2.24) is 9.88 Å². The molecule has 3 fully saturated rings. The topological polar surface area (TPSA) is 83.6 Å². The first-order valence-corrected chi connectivity index (χ1v) is 8.04. The number of aryl methyl sites for hydroxylation is 1. The van der Waals surface area contributed by atoms with Gasteiger partial charge in [0.1, 0.15) is 0 Å². The molecule has 3 aliphatic rings. The number of aliphatic carboxylic acids is 1. The summed E-state index contributed by atoms with van der Waals surface area (Å²) in [5.41, 5.74) is 0.619. The van der Waals surface area contributed by atoms with E-state index in [1.807, 2.05) is 0 Å². The van der Waals surface area contributed by atoms with Crippen LogP contribution in [-0.4, -0.2) is 40.0 Å².